The first-order valence-corrected chi connectivity index (χ1v) is 10.5. The van der Waals surface area contributed by atoms with Gasteiger partial charge in [-0.1, -0.05) is 30.0 Å². The quantitative estimate of drug-likeness (QED) is 0.442. The van der Waals surface area contributed by atoms with E-state index >= 15 is 0 Å². The first-order valence-electron chi connectivity index (χ1n) is 9.59. The van der Waals surface area contributed by atoms with Crippen molar-refractivity contribution in [1.82, 2.24) is 15.2 Å². The molecular formula is C22H18N4O3S. The van der Waals surface area contributed by atoms with Crippen LogP contribution in [0.2, 0.25) is 0 Å². The summed E-state index contributed by atoms with van der Waals surface area (Å²) in [6.07, 6.45) is 4.02. The van der Waals surface area contributed by atoms with Gasteiger partial charge in [0.1, 0.15) is 5.69 Å². The number of thioether (sulfide) groups is 1. The fourth-order valence-corrected chi connectivity index (χ4v) is 4.30. The van der Waals surface area contributed by atoms with Gasteiger partial charge in [-0.25, -0.2) is 4.98 Å². The highest BCUT2D eigenvalue weighted by Crippen LogP contribution is 2.33. The second-order valence-corrected chi connectivity index (χ2v) is 8.18. The van der Waals surface area contributed by atoms with Crippen LogP contribution >= 0.6 is 11.8 Å². The second kappa shape index (κ2) is 7.79. The van der Waals surface area contributed by atoms with E-state index < -0.39 is 0 Å². The van der Waals surface area contributed by atoms with Gasteiger partial charge in [-0.3, -0.25) is 4.79 Å². The molecule has 0 bridgehead atoms. The van der Waals surface area contributed by atoms with Crippen LogP contribution in [-0.4, -0.2) is 32.9 Å². The molecule has 8 heteroatoms. The van der Waals surface area contributed by atoms with Crippen molar-refractivity contribution in [2.75, 3.05) is 11.4 Å². The van der Waals surface area contributed by atoms with Crippen molar-refractivity contribution in [2.24, 2.45) is 0 Å². The number of benzene rings is 1. The maximum atomic E-state index is 13.1. The minimum Gasteiger partial charge on any atom is -0.463 e. The number of para-hydroxylation sites is 1. The molecule has 1 aliphatic heterocycles. The summed E-state index contributed by atoms with van der Waals surface area (Å²) in [7, 11) is 0. The number of aromatic nitrogens is 3. The number of carbonyl (C=O) groups is 1. The number of hydrogen-bond acceptors (Lipinski definition) is 7. The minimum absolute atomic E-state index is 0.0307. The highest BCUT2D eigenvalue weighted by Gasteiger charge is 2.29. The summed E-state index contributed by atoms with van der Waals surface area (Å²) in [5, 5.41) is 8.58. The van der Waals surface area contributed by atoms with Crippen LogP contribution in [0.25, 0.3) is 22.9 Å². The van der Waals surface area contributed by atoms with Crippen LogP contribution in [0.4, 0.5) is 5.69 Å². The summed E-state index contributed by atoms with van der Waals surface area (Å²) < 4.78 is 11.0. The Bertz CT molecular complexity index is 1180. The molecule has 0 spiro atoms. The summed E-state index contributed by atoms with van der Waals surface area (Å²) in [4.78, 5) is 19.5. The average molecular weight is 418 g/mol. The van der Waals surface area contributed by atoms with Gasteiger partial charge in [-0.2, -0.15) is 0 Å². The number of amides is 1. The molecule has 1 amide bonds. The van der Waals surface area contributed by atoms with Crippen molar-refractivity contribution < 1.29 is 13.6 Å². The van der Waals surface area contributed by atoms with Gasteiger partial charge in [0.05, 0.1) is 17.8 Å². The van der Waals surface area contributed by atoms with Crippen LogP contribution in [0, 0.1) is 0 Å². The highest BCUT2D eigenvalue weighted by molar-refractivity contribution is 8.00. The third kappa shape index (κ3) is 3.39. The van der Waals surface area contributed by atoms with Gasteiger partial charge in [-0.05, 0) is 49.2 Å². The van der Waals surface area contributed by atoms with Crippen molar-refractivity contribution in [3.05, 3.63) is 66.6 Å². The second-order valence-electron chi connectivity index (χ2n) is 6.87. The van der Waals surface area contributed by atoms with E-state index in [1.807, 2.05) is 30.0 Å². The van der Waals surface area contributed by atoms with Crippen LogP contribution in [0.5, 0.6) is 0 Å². The zero-order valence-electron chi connectivity index (χ0n) is 16.2. The van der Waals surface area contributed by atoms with Crippen LogP contribution in [0.15, 0.2) is 75.0 Å². The molecule has 4 heterocycles. The summed E-state index contributed by atoms with van der Waals surface area (Å²) in [5.74, 6) is 1.14. The topological polar surface area (TPSA) is 85.3 Å². The van der Waals surface area contributed by atoms with Crippen LogP contribution < -0.4 is 4.90 Å². The third-order valence-corrected chi connectivity index (χ3v) is 5.90. The molecular weight excluding hydrogens is 400 g/mol. The molecule has 0 fully saturated rings. The molecule has 0 radical (unpaired) electrons. The summed E-state index contributed by atoms with van der Waals surface area (Å²) >= 11 is 1.28. The zero-order valence-corrected chi connectivity index (χ0v) is 17.0. The number of anilines is 1. The van der Waals surface area contributed by atoms with Crippen molar-refractivity contribution in [3.8, 4) is 22.9 Å². The number of hydrogen-bond donors (Lipinski definition) is 0. The van der Waals surface area contributed by atoms with E-state index in [9.17, 15) is 4.79 Å². The first kappa shape index (κ1) is 18.6. The van der Waals surface area contributed by atoms with E-state index in [2.05, 4.69) is 21.2 Å². The predicted octanol–water partition coefficient (Wildman–Crippen LogP) is 4.46. The Morgan fingerprint density at radius 2 is 1.73 bits per heavy atom. The summed E-state index contributed by atoms with van der Waals surface area (Å²) in [6, 6.07) is 15.2. The number of rotatable bonds is 5. The molecule has 1 unspecified atom stereocenters. The molecule has 5 rings (SSSR count). The lowest BCUT2D eigenvalue weighted by atomic mass is 10.2. The Balaban J connectivity index is 1.41. The third-order valence-electron chi connectivity index (χ3n) is 4.96. The standard InChI is InChI=1S/C22H18N4O3S/c1-14(21(27)26-11-10-15-6-2-3-7-16(15)26)30-22-23-19(17-8-4-12-28-17)20(24-25-22)18-9-5-13-29-18/h2-9,12-14H,10-11H2,1H3. The van der Waals surface area contributed by atoms with Gasteiger partial charge in [0.25, 0.3) is 0 Å². The normalized spacial score (nSPS) is 14.0. The minimum atomic E-state index is -0.364. The molecule has 0 saturated carbocycles. The SMILES string of the molecule is CC(Sc1nnc(-c2ccco2)c(-c2ccco2)n1)C(=O)N1CCc2ccccc21. The number of furan rings is 2. The molecule has 0 aliphatic carbocycles. The summed E-state index contributed by atoms with van der Waals surface area (Å²) in [6.45, 7) is 2.56. The van der Waals surface area contributed by atoms with Gasteiger partial charge in [-0.15, -0.1) is 10.2 Å². The Kier molecular flexibility index (Phi) is 4.84. The molecule has 150 valence electrons. The molecule has 1 aliphatic rings. The lowest BCUT2D eigenvalue weighted by molar-refractivity contribution is -0.117. The van der Waals surface area contributed by atoms with E-state index in [0.717, 1.165) is 12.1 Å². The maximum absolute atomic E-state index is 13.1. The number of carbonyl (C=O) groups excluding carboxylic acids is 1. The first-order chi connectivity index (χ1) is 14.7. The van der Waals surface area contributed by atoms with Crippen LogP contribution in [0.3, 0.4) is 0 Å². The lowest BCUT2D eigenvalue weighted by Crippen LogP contribution is -2.35. The Hall–Kier alpha value is -3.39. The van der Waals surface area contributed by atoms with Crippen molar-refractivity contribution in [2.45, 2.75) is 23.8 Å². The molecule has 3 aromatic heterocycles. The Morgan fingerprint density at radius 1 is 1.00 bits per heavy atom. The summed E-state index contributed by atoms with van der Waals surface area (Å²) in [5.41, 5.74) is 3.20. The molecule has 1 atom stereocenters. The lowest BCUT2D eigenvalue weighted by Gasteiger charge is -2.21. The van der Waals surface area contributed by atoms with E-state index in [-0.39, 0.29) is 11.2 Å². The molecule has 0 N–H and O–H groups in total. The maximum Gasteiger partial charge on any atom is 0.240 e. The fourth-order valence-electron chi connectivity index (χ4n) is 3.52. The van der Waals surface area contributed by atoms with Gasteiger partial charge in [0, 0.05) is 12.2 Å². The monoisotopic (exact) mass is 418 g/mol. The van der Waals surface area contributed by atoms with Crippen molar-refractivity contribution in [3.63, 3.8) is 0 Å². The van der Waals surface area contributed by atoms with E-state index in [1.165, 1.54) is 17.3 Å². The molecule has 7 nitrogen and oxygen atoms in total. The predicted molar refractivity (Wildman–Crippen MR) is 113 cm³/mol. The number of fused-ring (bicyclic) bond motifs is 1. The van der Waals surface area contributed by atoms with E-state index in [1.54, 1.807) is 36.8 Å². The van der Waals surface area contributed by atoms with E-state index in [0.29, 0.717) is 34.6 Å². The van der Waals surface area contributed by atoms with Gasteiger partial charge < -0.3 is 13.7 Å². The van der Waals surface area contributed by atoms with Crippen molar-refractivity contribution >= 4 is 23.4 Å². The van der Waals surface area contributed by atoms with Gasteiger partial charge in [0.2, 0.25) is 11.1 Å². The zero-order chi connectivity index (χ0) is 20.5. The average Bonchev–Trinajstić information content (AvgIpc) is 3.55. The number of nitrogens with zero attached hydrogens (tertiary/aromatic N) is 4. The van der Waals surface area contributed by atoms with Crippen LogP contribution in [0.1, 0.15) is 12.5 Å². The Morgan fingerprint density at radius 3 is 2.47 bits per heavy atom. The molecule has 1 aromatic carbocycles. The van der Waals surface area contributed by atoms with Gasteiger partial charge >= 0.3 is 0 Å². The smallest absolute Gasteiger partial charge is 0.240 e. The van der Waals surface area contributed by atoms with Gasteiger partial charge in [0.15, 0.2) is 17.2 Å². The van der Waals surface area contributed by atoms with E-state index in [4.69, 9.17) is 8.83 Å². The van der Waals surface area contributed by atoms with Crippen LogP contribution in [-0.2, 0) is 11.2 Å². The molecule has 30 heavy (non-hydrogen) atoms. The fraction of sp³-hybridized carbons (Fsp3) is 0.182. The molecule has 4 aromatic rings. The van der Waals surface area contributed by atoms with Crippen molar-refractivity contribution in [1.29, 1.82) is 0 Å². The molecule has 0 saturated heterocycles. The Labute approximate surface area is 177 Å². The largest absolute Gasteiger partial charge is 0.463 e. The highest BCUT2D eigenvalue weighted by atomic mass is 32.2.